The lowest BCUT2D eigenvalue weighted by Gasteiger charge is -2.21. The standard InChI is InChI=1S/C35H23N2OP/c38-39(25-12-3-1-4-13-25,26-14-5-2-6-15-26)27-20-22-29-33(23-27)37-32-18-10-9-17-31(32)36-35(37)30-21-19-24-11-7-8-16-28(24)34(29)30/h1-23H. The van der Waals surface area contributed by atoms with Crippen LogP contribution in [0.15, 0.2) is 140 Å². The van der Waals surface area contributed by atoms with Gasteiger partial charge >= 0.3 is 0 Å². The van der Waals surface area contributed by atoms with Gasteiger partial charge in [-0.05, 0) is 35.0 Å². The predicted molar refractivity (Wildman–Crippen MR) is 165 cm³/mol. The highest BCUT2D eigenvalue weighted by atomic mass is 31.2. The number of rotatable bonds is 3. The zero-order valence-electron chi connectivity index (χ0n) is 21.0. The molecular weight excluding hydrogens is 495 g/mol. The van der Waals surface area contributed by atoms with E-state index in [1.807, 2.05) is 66.7 Å². The first-order valence-electron chi connectivity index (χ1n) is 13.1. The van der Waals surface area contributed by atoms with Crippen molar-refractivity contribution >= 4 is 72.2 Å². The van der Waals surface area contributed by atoms with Gasteiger partial charge in [0.1, 0.15) is 5.65 Å². The molecule has 0 saturated heterocycles. The molecule has 0 unspecified atom stereocenters. The van der Waals surface area contributed by atoms with E-state index in [1.165, 1.54) is 16.2 Å². The van der Waals surface area contributed by atoms with Crippen molar-refractivity contribution in [1.29, 1.82) is 0 Å². The molecule has 4 heteroatoms. The van der Waals surface area contributed by atoms with E-state index in [4.69, 9.17) is 4.98 Å². The summed E-state index contributed by atoms with van der Waals surface area (Å²) >= 11 is 0. The van der Waals surface area contributed by atoms with Gasteiger partial charge in [-0.3, -0.25) is 4.40 Å². The number of hydrogen-bond donors (Lipinski definition) is 0. The molecule has 39 heavy (non-hydrogen) atoms. The Morgan fingerprint density at radius 1 is 0.513 bits per heavy atom. The predicted octanol–water partition coefficient (Wildman–Crippen LogP) is 7.59. The number of para-hydroxylation sites is 2. The fourth-order valence-electron chi connectivity index (χ4n) is 6.03. The SMILES string of the molecule is O=P(c1ccccc1)(c1ccccc1)c1ccc2c3c4ccccc4ccc3c3nc4ccccc4n3c2c1. The molecule has 8 aromatic rings. The van der Waals surface area contributed by atoms with Crippen LogP contribution >= 0.6 is 7.14 Å². The van der Waals surface area contributed by atoms with Crippen LogP contribution in [0.1, 0.15) is 0 Å². The molecule has 2 aromatic heterocycles. The van der Waals surface area contributed by atoms with Crippen LogP contribution in [0.2, 0.25) is 0 Å². The molecule has 0 N–H and O–H groups in total. The molecule has 0 aliphatic carbocycles. The Morgan fingerprint density at radius 3 is 1.92 bits per heavy atom. The van der Waals surface area contributed by atoms with Crippen LogP contribution < -0.4 is 15.9 Å². The van der Waals surface area contributed by atoms with Crippen LogP contribution in [0.3, 0.4) is 0 Å². The maximum Gasteiger partial charge on any atom is 0.171 e. The smallest absolute Gasteiger partial charge is 0.171 e. The van der Waals surface area contributed by atoms with Crippen LogP contribution in [-0.2, 0) is 4.57 Å². The summed E-state index contributed by atoms with van der Waals surface area (Å²) in [7, 11) is -3.14. The van der Waals surface area contributed by atoms with E-state index < -0.39 is 7.14 Å². The molecule has 0 fully saturated rings. The molecule has 0 aliphatic rings. The van der Waals surface area contributed by atoms with Gasteiger partial charge in [-0.25, -0.2) is 4.98 Å². The first kappa shape index (κ1) is 22.3. The average Bonchev–Trinajstić information content (AvgIpc) is 3.41. The number of benzene rings is 6. The monoisotopic (exact) mass is 518 g/mol. The van der Waals surface area contributed by atoms with Crippen LogP contribution in [0, 0.1) is 0 Å². The lowest BCUT2D eigenvalue weighted by atomic mass is 9.99. The average molecular weight is 519 g/mol. The first-order valence-corrected chi connectivity index (χ1v) is 14.8. The van der Waals surface area contributed by atoms with Crippen LogP contribution in [0.5, 0.6) is 0 Å². The zero-order chi connectivity index (χ0) is 26.0. The van der Waals surface area contributed by atoms with Gasteiger partial charge in [-0.1, -0.05) is 115 Å². The number of pyridine rings is 1. The van der Waals surface area contributed by atoms with Crippen molar-refractivity contribution < 1.29 is 4.57 Å². The molecule has 6 aromatic carbocycles. The summed E-state index contributed by atoms with van der Waals surface area (Å²) in [6.07, 6.45) is 0. The second kappa shape index (κ2) is 8.39. The Morgan fingerprint density at radius 2 is 1.15 bits per heavy atom. The summed E-state index contributed by atoms with van der Waals surface area (Å²) in [5.41, 5.74) is 3.90. The van der Waals surface area contributed by atoms with Crippen molar-refractivity contribution in [2.24, 2.45) is 0 Å². The Bertz CT molecular complexity index is 2210. The third-order valence-corrected chi connectivity index (χ3v) is 10.9. The minimum Gasteiger partial charge on any atom is -0.309 e. The van der Waals surface area contributed by atoms with Crippen LogP contribution in [-0.4, -0.2) is 9.38 Å². The van der Waals surface area contributed by atoms with Gasteiger partial charge in [-0.2, -0.15) is 0 Å². The maximum atomic E-state index is 15.3. The van der Waals surface area contributed by atoms with Crippen LogP contribution in [0.4, 0.5) is 0 Å². The molecule has 3 nitrogen and oxygen atoms in total. The lowest BCUT2D eigenvalue weighted by molar-refractivity contribution is 0.592. The van der Waals surface area contributed by atoms with Gasteiger partial charge in [-0.15, -0.1) is 0 Å². The van der Waals surface area contributed by atoms with Crippen molar-refractivity contribution in [3.8, 4) is 0 Å². The third kappa shape index (κ3) is 3.17. The number of hydrogen-bond acceptors (Lipinski definition) is 2. The fraction of sp³-hybridized carbons (Fsp3) is 0. The molecule has 0 atom stereocenters. The molecule has 184 valence electrons. The zero-order valence-corrected chi connectivity index (χ0v) is 21.9. The number of imidazole rings is 1. The van der Waals surface area contributed by atoms with E-state index >= 15 is 4.57 Å². The molecule has 2 heterocycles. The normalized spacial score (nSPS) is 12.2. The van der Waals surface area contributed by atoms with Crippen molar-refractivity contribution in [2.45, 2.75) is 0 Å². The van der Waals surface area contributed by atoms with Crippen molar-refractivity contribution in [3.63, 3.8) is 0 Å². The molecule has 0 aliphatic heterocycles. The summed E-state index contributed by atoms with van der Waals surface area (Å²) < 4.78 is 17.5. The highest BCUT2D eigenvalue weighted by molar-refractivity contribution is 7.85. The summed E-state index contributed by atoms with van der Waals surface area (Å²) in [6, 6.07) is 47.2. The highest BCUT2D eigenvalue weighted by Gasteiger charge is 2.30. The Kier molecular flexibility index (Phi) is 4.79. The second-order valence-corrected chi connectivity index (χ2v) is 12.7. The van der Waals surface area contributed by atoms with Gasteiger partial charge in [0.2, 0.25) is 0 Å². The van der Waals surface area contributed by atoms with E-state index in [0.717, 1.165) is 48.9 Å². The summed E-state index contributed by atoms with van der Waals surface area (Å²) in [6.45, 7) is 0. The molecule has 0 radical (unpaired) electrons. The summed E-state index contributed by atoms with van der Waals surface area (Å²) in [5, 5.41) is 8.25. The molecular formula is C35H23N2OP. The third-order valence-electron chi connectivity index (χ3n) is 7.83. The topological polar surface area (TPSA) is 34.4 Å². The number of nitrogens with zero attached hydrogens (tertiary/aromatic N) is 2. The maximum absolute atomic E-state index is 15.3. The minimum atomic E-state index is -3.14. The van der Waals surface area contributed by atoms with E-state index in [9.17, 15) is 0 Å². The van der Waals surface area contributed by atoms with Crippen molar-refractivity contribution in [2.75, 3.05) is 0 Å². The Labute approximate surface area is 225 Å². The van der Waals surface area contributed by atoms with Gasteiger partial charge in [0, 0.05) is 32.1 Å². The fourth-order valence-corrected chi connectivity index (χ4v) is 8.70. The quantitative estimate of drug-likeness (QED) is 0.178. The molecule has 0 amide bonds. The minimum absolute atomic E-state index is 0.811. The van der Waals surface area contributed by atoms with E-state index in [0.29, 0.717) is 0 Å². The largest absolute Gasteiger partial charge is 0.309 e. The molecule has 8 rings (SSSR count). The molecule has 0 spiro atoms. The van der Waals surface area contributed by atoms with Gasteiger partial charge in [0.15, 0.2) is 7.14 Å². The summed E-state index contributed by atoms with van der Waals surface area (Å²) in [4.78, 5) is 5.10. The van der Waals surface area contributed by atoms with Crippen molar-refractivity contribution in [3.05, 3.63) is 140 Å². The lowest BCUT2D eigenvalue weighted by Crippen LogP contribution is -2.25. The van der Waals surface area contributed by atoms with Gasteiger partial charge in [0.05, 0.1) is 16.6 Å². The van der Waals surface area contributed by atoms with Crippen LogP contribution in [0.25, 0.3) is 49.1 Å². The highest BCUT2D eigenvalue weighted by Crippen LogP contribution is 2.44. The van der Waals surface area contributed by atoms with Gasteiger partial charge < -0.3 is 4.57 Å². The number of aromatic nitrogens is 2. The Hall–Kier alpha value is -4.72. The van der Waals surface area contributed by atoms with E-state index in [1.54, 1.807) is 0 Å². The Balaban J connectivity index is 1.58. The van der Waals surface area contributed by atoms with E-state index in [2.05, 4.69) is 77.2 Å². The van der Waals surface area contributed by atoms with E-state index in [-0.39, 0.29) is 0 Å². The first-order chi connectivity index (χ1) is 19.2. The van der Waals surface area contributed by atoms with Crippen molar-refractivity contribution in [1.82, 2.24) is 9.38 Å². The van der Waals surface area contributed by atoms with Gasteiger partial charge in [0.25, 0.3) is 0 Å². The number of fused-ring (bicyclic) bond motifs is 10. The molecule has 0 bridgehead atoms. The summed E-state index contributed by atoms with van der Waals surface area (Å²) in [5.74, 6) is 0. The molecule has 0 saturated carbocycles. The second-order valence-electron chi connectivity index (χ2n) is 9.95.